The Kier molecular flexibility index (Phi) is 4.20. The molecule has 0 spiro atoms. The van der Waals surface area contributed by atoms with Crippen LogP contribution in [0.25, 0.3) is 10.8 Å². The number of thioether (sulfide) groups is 1. The molecule has 0 N–H and O–H groups in total. The number of thiophene rings is 1. The standard InChI is InChI=1S/C13H16N2O2S2/c1-9-5-7-18-11(9)12-14-15-13(17-12)19-8-10-4-2-3-6-16-10/h5,7,10H,2-4,6,8H2,1H3. The second-order valence-electron chi connectivity index (χ2n) is 4.61. The summed E-state index contributed by atoms with van der Waals surface area (Å²) in [6, 6.07) is 2.06. The first kappa shape index (κ1) is 13.1. The second-order valence-corrected chi connectivity index (χ2v) is 6.49. The first-order chi connectivity index (χ1) is 9.33. The Morgan fingerprint density at radius 3 is 3.11 bits per heavy atom. The maximum atomic E-state index is 5.70. The van der Waals surface area contributed by atoms with Crippen LogP contribution in [-0.2, 0) is 4.74 Å². The van der Waals surface area contributed by atoms with Gasteiger partial charge in [0.25, 0.3) is 11.1 Å². The smallest absolute Gasteiger partial charge is 0.276 e. The first-order valence-electron chi connectivity index (χ1n) is 6.45. The Bertz CT molecular complexity index is 532. The third-order valence-electron chi connectivity index (χ3n) is 3.13. The zero-order valence-corrected chi connectivity index (χ0v) is 12.4. The molecule has 1 fully saturated rings. The van der Waals surface area contributed by atoms with Gasteiger partial charge in [-0.2, -0.15) is 0 Å². The van der Waals surface area contributed by atoms with Gasteiger partial charge in [-0.05, 0) is 43.2 Å². The Morgan fingerprint density at radius 2 is 2.37 bits per heavy atom. The second kappa shape index (κ2) is 6.07. The Balaban J connectivity index is 1.60. The van der Waals surface area contributed by atoms with Crippen LogP contribution in [0.4, 0.5) is 0 Å². The summed E-state index contributed by atoms with van der Waals surface area (Å²) in [5, 5.41) is 10.9. The molecule has 19 heavy (non-hydrogen) atoms. The minimum absolute atomic E-state index is 0.331. The van der Waals surface area contributed by atoms with Gasteiger partial charge in [0, 0.05) is 12.4 Å². The van der Waals surface area contributed by atoms with E-state index in [-0.39, 0.29) is 0 Å². The summed E-state index contributed by atoms with van der Waals surface area (Å²) >= 11 is 3.22. The van der Waals surface area contributed by atoms with Crippen LogP contribution in [0.5, 0.6) is 0 Å². The minimum Gasteiger partial charge on any atom is -0.410 e. The molecule has 1 saturated heterocycles. The van der Waals surface area contributed by atoms with Crippen molar-refractivity contribution in [3.63, 3.8) is 0 Å². The topological polar surface area (TPSA) is 48.2 Å². The molecule has 0 bridgehead atoms. The lowest BCUT2D eigenvalue weighted by Gasteiger charge is -2.21. The molecule has 1 atom stereocenters. The van der Waals surface area contributed by atoms with E-state index in [1.54, 1.807) is 23.1 Å². The molecule has 1 aliphatic heterocycles. The normalized spacial score (nSPS) is 19.7. The lowest BCUT2D eigenvalue weighted by Crippen LogP contribution is -2.21. The van der Waals surface area contributed by atoms with Crippen LogP contribution in [0.15, 0.2) is 21.1 Å². The summed E-state index contributed by atoms with van der Waals surface area (Å²) < 4.78 is 11.4. The molecule has 0 saturated carbocycles. The van der Waals surface area contributed by atoms with Crippen molar-refractivity contribution in [2.45, 2.75) is 37.5 Å². The van der Waals surface area contributed by atoms with Crippen LogP contribution >= 0.6 is 23.1 Å². The average molecular weight is 296 g/mol. The number of hydrogen-bond donors (Lipinski definition) is 0. The molecule has 4 nitrogen and oxygen atoms in total. The van der Waals surface area contributed by atoms with Crippen molar-refractivity contribution in [2.24, 2.45) is 0 Å². The van der Waals surface area contributed by atoms with Gasteiger partial charge in [-0.1, -0.05) is 11.8 Å². The molecule has 3 rings (SSSR count). The van der Waals surface area contributed by atoms with Crippen LogP contribution in [-0.4, -0.2) is 28.7 Å². The van der Waals surface area contributed by atoms with Crippen LogP contribution < -0.4 is 0 Å². The summed E-state index contributed by atoms with van der Waals surface area (Å²) in [7, 11) is 0. The number of aromatic nitrogens is 2. The highest BCUT2D eigenvalue weighted by molar-refractivity contribution is 7.99. The number of aryl methyl sites for hydroxylation is 1. The maximum absolute atomic E-state index is 5.70. The van der Waals surface area contributed by atoms with Crippen molar-refractivity contribution < 1.29 is 9.15 Å². The van der Waals surface area contributed by atoms with Crippen LogP contribution in [0, 0.1) is 6.92 Å². The van der Waals surface area contributed by atoms with Crippen molar-refractivity contribution in [3.05, 3.63) is 17.0 Å². The molecule has 1 aliphatic rings. The van der Waals surface area contributed by atoms with Gasteiger partial charge >= 0.3 is 0 Å². The largest absolute Gasteiger partial charge is 0.410 e. The van der Waals surface area contributed by atoms with Gasteiger partial charge in [0.1, 0.15) is 0 Å². The molecule has 2 aromatic heterocycles. The van der Waals surface area contributed by atoms with Crippen molar-refractivity contribution in [2.75, 3.05) is 12.4 Å². The molecule has 0 radical (unpaired) electrons. The highest BCUT2D eigenvalue weighted by Crippen LogP contribution is 2.30. The quantitative estimate of drug-likeness (QED) is 0.804. The van der Waals surface area contributed by atoms with Crippen molar-refractivity contribution in [1.82, 2.24) is 10.2 Å². The van der Waals surface area contributed by atoms with Gasteiger partial charge in [-0.3, -0.25) is 0 Å². The molecule has 6 heteroatoms. The van der Waals surface area contributed by atoms with Crippen LogP contribution in [0.1, 0.15) is 24.8 Å². The molecule has 1 unspecified atom stereocenters. The average Bonchev–Trinajstić information content (AvgIpc) is 3.06. The summed E-state index contributed by atoms with van der Waals surface area (Å²) in [6.45, 7) is 2.94. The molecular formula is C13H16N2O2S2. The predicted octanol–water partition coefficient (Wildman–Crippen LogP) is 3.77. The first-order valence-corrected chi connectivity index (χ1v) is 8.32. The third kappa shape index (κ3) is 3.19. The van der Waals surface area contributed by atoms with Crippen molar-refractivity contribution >= 4 is 23.1 Å². The lowest BCUT2D eigenvalue weighted by atomic mass is 10.1. The van der Waals surface area contributed by atoms with Gasteiger partial charge < -0.3 is 9.15 Å². The SMILES string of the molecule is Cc1ccsc1-c1nnc(SCC2CCCCO2)o1. The van der Waals surface area contributed by atoms with E-state index in [2.05, 4.69) is 23.2 Å². The van der Waals surface area contributed by atoms with Gasteiger partial charge in [0.15, 0.2) is 0 Å². The van der Waals surface area contributed by atoms with E-state index in [1.807, 2.05) is 5.38 Å². The molecule has 0 amide bonds. The minimum atomic E-state index is 0.331. The van der Waals surface area contributed by atoms with E-state index in [4.69, 9.17) is 9.15 Å². The number of ether oxygens (including phenoxy) is 1. The fourth-order valence-corrected chi connectivity index (χ4v) is 3.73. The molecule has 3 heterocycles. The molecule has 0 aromatic carbocycles. The van der Waals surface area contributed by atoms with Gasteiger partial charge in [0.05, 0.1) is 11.0 Å². The Morgan fingerprint density at radius 1 is 1.42 bits per heavy atom. The zero-order valence-electron chi connectivity index (χ0n) is 10.8. The van der Waals surface area contributed by atoms with Crippen molar-refractivity contribution in [1.29, 1.82) is 0 Å². The van der Waals surface area contributed by atoms with E-state index < -0.39 is 0 Å². The lowest BCUT2D eigenvalue weighted by molar-refractivity contribution is 0.0314. The van der Waals surface area contributed by atoms with E-state index in [9.17, 15) is 0 Å². The molecule has 0 aliphatic carbocycles. The summed E-state index contributed by atoms with van der Waals surface area (Å²) in [5.41, 5.74) is 1.18. The summed E-state index contributed by atoms with van der Waals surface area (Å²) in [5.74, 6) is 1.52. The zero-order chi connectivity index (χ0) is 13.1. The summed E-state index contributed by atoms with van der Waals surface area (Å²) in [4.78, 5) is 1.06. The summed E-state index contributed by atoms with van der Waals surface area (Å²) in [6.07, 6.45) is 3.91. The highest BCUT2D eigenvalue weighted by atomic mass is 32.2. The third-order valence-corrected chi connectivity index (χ3v) is 5.08. The molecule has 102 valence electrons. The number of nitrogens with zero attached hydrogens (tertiary/aromatic N) is 2. The van der Waals surface area contributed by atoms with E-state index in [1.165, 1.54) is 18.4 Å². The highest BCUT2D eigenvalue weighted by Gasteiger charge is 2.17. The van der Waals surface area contributed by atoms with Crippen molar-refractivity contribution in [3.8, 4) is 10.8 Å². The Labute approximate surface area is 120 Å². The van der Waals surface area contributed by atoms with E-state index in [0.717, 1.165) is 23.7 Å². The number of rotatable bonds is 4. The van der Waals surface area contributed by atoms with Crippen LogP contribution in [0.2, 0.25) is 0 Å². The van der Waals surface area contributed by atoms with Crippen LogP contribution in [0.3, 0.4) is 0 Å². The number of hydrogen-bond acceptors (Lipinski definition) is 6. The maximum Gasteiger partial charge on any atom is 0.276 e. The fourth-order valence-electron chi connectivity index (χ4n) is 2.05. The van der Waals surface area contributed by atoms with E-state index in [0.29, 0.717) is 17.2 Å². The Hall–Kier alpha value is -0.850. The van der Waals surface area contributed by atoms with Gasteiger partial charge in [-0.25, -0.2) is 0 Å². The van der Waals surface area contributed by atoms with Gasteiger partial charge in [0.2, 0.25) is 0 Å². The van der Waals surface area contributed by atoms with E-state index >= 15 is 0 Å². The molecular weight excluding hydrogens is 280 g/mol. The fraction of sp³-hybridized carbons (Fsp3) is 0.538. The predicted molar refractivity (Wildman–Crippen MR) is 76.7 cm³/mol. The monoisotopic (exact) mass is 296 g/mol. The molecule has 2 aromatic rings. The van der Waals surface area contributed by atoms with Gasteiger partial charge in [-0.15, -0.1) is 21.5 Å².